The van der Waals surface area contributed by atoms with Crippen molar-refractivity contribution in [3.63, 3.8) is 0 Å². The second-order valence-electron chi connectivity index (χ2n) is 3.44. The second-order valence-corrected chi connectivity index (χ2v) is 3.44. The number of hydrazine groups is 1. The Morgan fingerprint density at radius 1 is 1.19 bits per heavy atom. The van der Waals surface area contributed by atoms with Crippen molar-refractivity contribution < 1.29 is 4.79 Å². The van der Waals surface area contributed by atoms with Gasteiger partial charge in [-0.1, -0.05) is 20.3 Å². The van der Waals surface area contributed by atoms with E-state index in [0.29, 0.717) is 12.5 Å². The third-order valence-electron chi connectivity index (χ3n) is 1.91. The van der Waals surface area contributed by atoms with Crippen LogP contribution in [0, 0.1) is 0 Å². The standard InChI is InChI=1S/C10H23N5O/c1-3-5-7-13-10(15-11)14-8-9(16)12-6-4-2/h3-8,11H2,1-2H3,(H,12,16)(H2,13,14,15). The Morgan fingerprint density at radius 2 is 1.94 bits per heavy atom. The molecular formula is C10H23N5O. The Morgan fingerprint density at radius 3 is 2.50 bits per heavy atom. The van der Waals surface area contributed by atoms with Crippen LogP contribution in [0.5, 0.6) is 0 Å². The van der Waals surface area contributed by atoms with E-state index >= 15 is 0 Å². The van der Waals surface area contributed by atoms with E-state index in [0.717, 1.165) is 25.8 Å². The van der Waals surface area contributed by atoms with Gasteiger partial charge in [0.25, 0.3) is 0 Å². The molecule has 0 fully saturated rings. The smallest absolute Gasteiger partial charge is 0.241 e. The first-order chi connectivity index (χ1) is 7.74. The summed E-state index contributed by atoms with van der Waals surface area (Å²) in [6.07, 6.45) is 3.07. The molecule has 6 heteroatoms. The molecule has 0 heterocycles. The predicted molar refractivity (Wildman–Crippen MR) is 65.8 cm³/mol. The quantitative estimate of drug-likeness (QED) is 0.159. The number of nitrogens with zero attached hydrogens (tertiary/aromatic N) is 1. The van der Waals surface area contributed by atoms with Crippen molar-refractivity contribution >= 4 is 11.9 Å². The average Bonchev–Trinajstić information content (AvgIpc) is 2.31. The van der Waals surface area contributed by atoms with Crippen LogP contribution in [0.25, 0.3) is 0 Å². The van der Waals surface area contributed by atoms with E-state index in [1.54, 1.807) is 0 Å². The molecule has 0 aromatic rings. The van der Waals surface area contributed by atoms with Gasteiger partial charge in [-0.15, -0.1) is 0 Å². The molecule has 5 N–H and O–H groups in total. The first-order valence-corrected chi connectivity index (χ1v) is 5.76. The normalized spacial score (nSPS) is 11.1. The summed E-state index contributed by atoms with van der Waals surface area (Å²) in [5.41, 5.74) is 2.43. The number of hydrogen-bond acceptors (Lipinski definition) is 3. The van der Waals surface area contributed by atoms with Crippen molar-refractivity contribution in [3.8, 4) is 0 Å². The molecular weight excluding hydrogens is 206 g/mol. The number of nitrogens with one attached hydrogen (secondary N) is 3. The summed E-state index contributed by atoms with van der Waals surface area (Å²) in [5, 5.41) is 5.75. The van der Waals surface area contributed by atoms with Gasteiger partial charge in [0, 0.05) is 13.1 Å². The molecule has 0 aliphatic heterocycles. The predicted octanol–water partition coefficient (Wildman–Crippen LogP) is -0.278. The SMILES string of the molecule is CCCCNC(=NCC(=O)NCCC)NN. The van der Waals surface area contributed by atoms with Gasteiger partial charge in [-0.25, -0.2) is 10.8 Å². The molecule has 0 atom stereocenters. The van der Waals surface area contributed by atoms with E-state index in [9.17, 15) is 4.79 Å². The fraction of sp³-hybridized carbons (Fsp3) is 0.800. The molecule has 0 saturated carbocycles. The van der Waals surface area contributed by atoms with Gasteiger partial charge in [0.2, 0.25) is 11.9 Å². The van der Waals surface area contributed by atoms with Crippen LogP contribution in [0.4, 0.5) is 0 Å². The highest BCUT2D eigenvalue weighted by molar-refractivity contribution is 5.84. The number of nitrogens with two attached hydrogens (primary N) is 1. The zero-order valence-electron chi connectivity index (χ0n) is 10.2. The first kappa shape index (κ1) is 14.7. The van der Waals surface area contributed by atoms with Gasteiger partial charge in [0.1, 0.15) is 6.54 Å². The minimum atomic E-state index is -0.0908. The third kappa shape index (κ3) is 8.05. The number of amides is 1. The molecule has 0 aromatic heterocycles. The summed E-state index contributed by atoms with van der Waals surface area (Å²) in [4.78, 5) is 15.3. The van der Waals surface area contributed by atoms with Crippen molar-refractivity contribution in [2.45, 2.75) is 33.1 Å². The number of hydrogen-bond donors (Lipinski definition) is 4. The van der Waals surface area contributed by atoms with Crippen LogP contribution in [0.15, 0.2) is 4.99 Å². The average molecular weight is 229 g/mol. The van der Waals surface area contributed by atoms with E-state index in [-0.39, 0.29) is 12.5 Å². The number of unbranched alkanes of at least 4 members (excludes halogenated alkanes) is 1. The number of carbonyl (C=O) groups excluding carboxylic acids is 1. The lowest BCUT2D eigenvalue weighted by Gasteiger charge is -2.08. The van der Waals surface area contributed by atoms with Gasteiger partial charge in [0.05, 0.1) is 0 Å². The van der Waals surface area contributed by atoms with Crippen LogP contribution >= 0.6 is 0 Å². The van der Waals surface area contributed by atoms with E-state index < -0.39 is 0 Å². The van der Waals surface area contributed by atoms with Gasteiger partial charge >= 0.3 is 0 Å². The summed E-state index contributed by atoms with van der Waals surface area (Å²) < 4.78 is 0. The maximum atomic E-state index is 11.2. The lowest BCUT2D eigenvalue weighted by Crippen LogP contribution is -2.42. The van der Waals surface area contributed by atoms with E-state index in [4.69, 9.17) is 5.84 Å². The molecule has 0 aliphatic carbocycles. The van der Waals surface area contributed by atoms with Gasteiger partial charge in [-0.3, -0.25) is 10.2 Å². The molecule has 16 heavy (non-hydrogen) atoms. The Hall–Kier alpha value is -1.30. The van der Waals surface area contributed by atoms with Crippen LogP contribution in [-0.4, -0.2) is 31.5 Å². The van der Waals surface area contributed by atoms with Gasteiger partial charge < -0.3 is 10.6 Å². The van der Waals surface area contributed by atoms with Gasteiger partial charge in [-0.2, -0.15) is 0 Å². The lowest BCUT2D eigenvalue weighted by molar-refractivity contribution is -0.119. The summed E-state index contributed by atoms with van der Waals surface area (Å²) in [5.74, 6) is 5.63. The third-order valence-corrected chi connectivity index (χ3v) is 1.91. The van der Waals surface area contributed by atoms with Crippen LogP contribution in [-0.2, 0) is 4.79 Å². The molecule has 0 aromatic carbocycles. The fourth-order valence-corrected chi connectivity index (χ4v) is 1.01. The summed E-state index contributed by atoms with van der Waals surface area (Å²) in [7, 11) is 0. The summed E-state index contributed by atoms with van der Waals surface area (Å²) in [6, 6.07) is 0. The van der Waals surface area contributed by atoms with Crippen LogP contribution < -0.4 is 21.9 Å². The molecule has 0 spiro atoms. The van der Waals surface area contributed by atoms with Crippen molar-refractivity contribution in [2.75, 3.05) is 19.6 Å². The monoisotopic (exact) mass is 229 g/mol. The molecule has 94 valence electrons. The Bertz CT molecular complexity index is 217. The fourth-order valence-electron chi connectivity index (χ4n) is 1.01. The minimum Gasteiger partial charge on any atom is -0.355 e. The topological polar surface area (TPSA) is 91.5 Å². The number of rotatable bonds is 7. The van der Waals surface area contributed by atoms with Gasteiger partial charge in [0.15, 0.2) is 0 Å². The van der Waals surface area contributed by atoms with E-state index in [1.165, 1.54) is 0 Å². The van der Waals surface area contributed by atoms with Gasteiger partial charge in [-0.05, 0) is 12.8 Å². The highest BCUT2D eigenvalue weighted by atomic mass is 16.1. The van der Waals surface area contributed by atoms with Crippen LogP contribution in [0.3, 0.4) is 0 Å². The Kier molecular flexibility index (Phi) is 9.39. The highest BCUT2D eigenvalue weighted by Gasteiger charge is 1.99. The highest BCUT2D eigenvalue weighted by Crippen LogP contribution is 1.82. The maximum Gasteiger partial charge on any atom is 0.241 e. The number of guanidine groups is 1. The van der Waals surface area contributed by atoms with Crippen LogP contribution in [0.2, 0.25) is 0 Å². The molecule has 0 bridgehead atoms. The summed E-state index contributed by atoms with van der Waals surface area (Å²) in [6.45, 7) is 5.69. The van der Waals surface area contributed by atoms with Crippen molar-refractivity contribution in [2.24, 2.45) is 10.8 Å². The second kappa shape index (κ2) is 10.2. The maximum absolute atomic E-state index is 11.2. The zero-order chi connectivity index (χ0) is 12.2. The van der Waals surface area contributed by atoms with E-state index in [2.05, 4.69) is 28.0 Å². The molecule has 0 unspecified atom stereocenters. The summed E-state index contributed by atoms with van der Waals surface area (Å²) >= 11 is 0. The number of carbonyl (C=O) groups is 1. The van der Waals surface area contributed by atoms with Crippen molar-refractivity contribution in [1.82, 2.24) is 16.1 Å². The molecule has 0 rings (SSSR count). The Labute approximate surface area is 97.0 Å². The molecule has 6 nitrogen and oxygen atoms in total. The van der Waals surface area contributed by atoms with Crippen LogP contribution in [0.1, 0.15) is 33.1 Å². The largest absolute Gasteiger partial charge is 0.355 e. The lowest BCUT2D eigenvalue weighted by atomic mass is 10.3. The van der Waals surface area contributed by atoms with Crippen molar-refractivity contribution in [1.29, 1.82) is 0 Å². The van der Waals surface area contributed by atoms with E-state index in [1.807, 2.05) is 6.92 Å². The minimum absolute atomic E-state index is 0.0908. The first-order valence-electron chi connectivity index (χ1n) is 5.76. The Balaban J connectivity index is 3.81. The zero-order valence-corrected chi connectivity index (χ0v) is 10.2. The molecule has 0 radical (unpaired) electrons. The molecule has 1 amide bonds. The number of aliphatic imine (C=N–C) groups is 1. The molecule has 0 aliphatic rings. The molecule has 0 saturated heterocycles. The van der Waals surface area contributed by atoms with Crippen molar-refractivity contribution in [3.05, 3.63) is 0 Å².